The third-order valence-corrected chi connectivity index (χ3v) is 9.64. The number of pyridine rings is 2. The molecule has 0 bridgehead atoms. The first-order chi connectivity index (χ1) is 23.4. The van der Waals surface area contributed by atoms with E-state index in [9.17, 15) is 0 Å². The summed E-state index contributed by atoms with van der Waals surface area (Å²) in [7, 11) is 0. The Balaban J connectivity index is 1.13. The molecular formula is C42H30N4O2. The molecule has 0 aliphatic heterocycles. The molecule has 6 nitrogen and oxygen atoms in total. The van der Waals surface area contributed by atoms with Crippen molar-refractivity contribution in [3.05, 3.63) is 133 Å². The summed E-state index contributed by atoms with van der Waals surface area (Å²) in [5.41, 5.74) is 7.13. The third-order valence-electron chi connectivity index (χ3n) is 9.64. The Morgan fingerprint density at radius 1 is 0.562 bits per heavy atom. The minimum absolute atomic E-state index is 0.00443. The molecule has 0 spiro atoms. The number of ether oxygens (including phenoxy) is 1. The fourth-order valence-electron chi connectivity index (χ4n) is 7.28. The smallest absolute Gasteiger partial charge is 0.145 e. The van der Waals surface area contributed by atoms with Gasteiger partial charge in [0, 0.05) is 57.0 Å². The zero-order valence-corrected chi connectivity index (χ0v) is 26.7. The molecule has 0 saturated carbocycles. The lowest BCUT2D eigenvalue weighted by Gasteiger charge is -2.20. The van der Waals surface area contributed by atoms with Gasteiger partial charge in [0.1, 0.15) is 34.1 Å². The molecule has 0 unspecified atom stereocenters. The molecule has 5 aromatic heterocycles. The Morgan fingerprint density at radius 3 is 2.21 bits per heavy atom. The summed E-state index contributed by atoms with van der Waals surface area (Å²) < 4.78 is 17.3. The standard InChI is InChI=1S/C42H30N4O2/c1-42(2,3)25-16-17-43-40(20-25)46-35-10-6-4-8-29(35)30-15-13-27(22-37(30)46)47-26-12-14-28-32-24-39-33(31-9-5-7-11-38(31)48-39)23-36(32)45-19-18-44-41(45)34(28)21-26/h4-24H,1-3H3. The van der Waals surface area contributed by atoms with Crippen LogP contribution in [0.15, 0.2) is 132 Å². The van der Waals surface area contributed by atoms with Gasteiger partial charge in [0.2, 0.25) is 0 Å². The molecule has 0 saturated heterocycles. The monoisotopic (exact) mass is 622 g/mol. The van der Waals surface area contributed by atoms with Crippen LogP contribution >= 0.6 is 0 Å². The molecule has 0 N–H and O–H groups in total. The number of fused-ring (bicyclic) bond motifs is 12. The van der Waals surface area contributed by atoms with Crippen molar-refractivity contribution in [2.75, 3.05) is 0 Å². The summed E-state index contributed by atoms with van der Waals surface area (Å²) in [6.45, 7) is 6.69. The fourth-order valence-corrected chi connectivity index (χ4v) is 7.28. The second-order valence-corrected chi connectivity index (χ2v) is 13.6. The lowest BCUT2D eigenvalue weighted by atomic mass is 9.88. The van der Waals surface area contributed by atoms with Gasteiger partial charge in [0.15, 0.2) is 0 Å². The fraction of sp³-hybridized carbons (Fsp3) is 0.0952. The summed E-state index contributed by atoms with van der Waals surface area (Å²) in [5.74, 6) is 2.39. The highest BCUT2D eigenvalue weighted by Gasteiger charge is 2.19. The largest absolute Gasteiger partial charge is 0.457 e. The van der Waals surface area contributed by atoms with E-state index in [1.165, 1.54) is 10.9 Å². The van der Waals surface area contributed by atoms with Crippen molar-refractivity contribution in [2.24, 2.45) is 0 Å². The molecule has 0 amide bonds. The first-order valence-electron chi connectivity index (χ1n) is 16.2. The lowest BCUT2D eigenvalue weighted by Crippen LogP contribution is -2.12. The predicted molar refractivity (Wildman–Crippen MR) is 195 cm³/mol. The van der Waals surface area contributed by atoms with Gasteiger partial charge in [-0.15, -0.1) is 0 Å². The normalized spacial score (nSPS) is 12.5. The molecule has 5 aromatic carbocycles. The van der Waals surface area contributed by atoms with Gasteiger partial charge in [-0.3, -0.25) is 8.97 Å². The summed E-state index contributed by atoms with van der Waals surface area (Å²) in [4.78, 5) is 9.61. The van der Waals surface area contributed by atoms with E-state index in [4.69, 9.17) is 19.1 Å². The zero-order valence-electron chi connectivity index (χ0n) is 26.7. The topological polar surface area (TPSA) is 57.5 Å². The van der Waals surface area contributed by atoms with E-state index in [2.05, 4.69) is 115 Å². The average Bonchev–Trinajstić information content (AvgIpc) is 3.81. The third kappa shape index (κ3) is 3.92. The van der Waals surface area contributed by atoms with Crippen LogP contribution in [0.3, 0.4) is 0 Å². The van der Waals surface area contributed by atoms with Crippen LogP contribution < -0.4 is 4.74 Å². The number of furan rings is 1. The van der Waals surface area contributed by atoms with E-state index in [-0.39, 0.29) is 5.41 Å². The molecule has 10 aromatic rings. The summed E-state index contributed by atoms with van der Waals surface area (Å²) >= 11 is 0. The minimum atomic E-state index is 0.00443. The van der Waals surface area contributed by atoms with Crippen molar-refractivity contribution in [2.45, 2.75) is 26.2 Å². The summed E-state index contributed by atoms with van der Waals surface area (Å²) in [5, 5.41) is 7.75. The molecule has 230 valence electrons. The number of hydrogen-bond acceptors (Lipinski definition) is 4. The number of nitrogens with zero attached hydrogens (tertiary/aromatic N) is 4. The maximum Gasteiger partial charge on any atom is 0.145 e. The Kier molecular flexibility index (Phi) is 5.45. The van der Waals surface area contributed by atoms with Crippen LogP contribution in [-0.4, -0.2) is 18.9 Å². The van der Waals surface area contributed by atoms with E-state index in [1.807, 2.05) is 42.9 Å². The first-order valence-corrected chi connectivity index (χ1v) is 16.2. The van der Waals surface area contributed by atoms with Crippen molar-refractivity contribution in [3.8, 4) is 17.3 Å². The van der Waals surface area contributed by atoms with Crippen molar-refractivity contribution < 1.29 is 9.15 Å². The van der Waals surface area contributed by atoms with Crippen molar-refractivity contribution in [3.63, 3.8) is 0 Å². The molecule has 0 fully saturated rings. The van der Waals surface area contributed by atoms with Crippen LogP contribution in [-0.2, 0) is 5.41 Å². The van der Waals surface area contributed by atoms with E-state index in [0.717, 1.165) is 83.0 Å². The molecule has 0 atom stereocenters. The summed E-state index contributed by atoms with van der Waals surface area (Å²) in [6, 6.07) is 37.9. The molecule has 5 heterocycles. The molecule has 6 heteroatoms. The maximum atomic E-state index is 6.62. The second-order valence-electron chi connectivity index (χ2n) is 13.6. The average molecular weight is 623 g/mol. The predicted octanol–water partition coefficient (Wildman–Crippen LogP) is 11.1. The van der Waals surface area contributed by atoms with Crippen LogP contribution in [0.1, 0.15) is 26.3 Å². The molecule has 0 aliphatic carbocycles. The summed E-state index contributed by atoms with van der Waals surface area (Å²) in [6.07, 6.45) is 5.79. The van der Waals surface area contributed by atoms with Crippen molar-refractivity contribution in [1.82, 2.24) is 18.9 Å². The molecule has 0 radical (unpaired) electrons. The number of benzene rings is 5. The van der Waals surface area contributed by atoms with E-state index in [1.54, 1.807) is 0 Å². The quantitative estimate of drug-likeness (QED) is 0.184. The lowest BCUT2D eigenvalue weighted by molar-refractivity contribution is 0.484. The van der Waals surface area contributed by atoms with Gasteiger partial charge >= 0.3 is 0 Å². The second kappa shape index (κ2) is 9.69. The van der Waals surface area contributed by atoms with Gasteiger partial charge in [0.25, 0.3) is 0 Å². The molecule has 48 heavy (non-hydrogen) atoms. The number of rotatable bonds is 3. The van der Waals surface area contributed by atoms with E-state index >= 15 is 0 Å². The van der Waals surface area contributed by atoms with Gasteiger partial charge in [-0.1, -0.05) is 57.2 Å². The van der Waals surface area contributed by atoms with Crippen LogP contribution in [0.25, 0.3) is 76.9 Å². The Hall–Kier alpha value is -6.14. The van der Waals surface area contributed by atoms with Gasteiger partial charge in [-0.2, -0.15) is 0 Å². The first kappa shape index (κ1) is 27.0. The number of imidazole rings is 1. The Morgan fingerprint density at radius 2 is 1.33 bits per heavy atom. The van der Waals surface area contributed by atoms with Crippen LogP contribution in [0, 0.1) is 0 Å². The highest BCUT2D eigenvalue weighted by Crippen LogP contribution is 2.39. The minimum Gasteiger partial charge on any atom is -0.457 e. The molecule has 0 aliphatic rings. The highest BCUT2D eigenvalue weighted by molar-refractivity contribution is 6.18. The maximum absolute atomic E-state index is 6.62. The van der Waals surface area contributed by atoms with Gasteiger partial charge in [-0.25, -0.2) is 9.97 Å². The van der Waals surface area contributed by atoms with Crippen molar-refractivity contribution in [1.29, 1.82) is 0 Å². The van der Waals surface area contributed by atoms with Crippen LogP contribution in [0.4, 0.5) is 0 Å². The highest BCUT2D eigenvalue weighted by atomic mass is 16.5. The number of para-hydroxylation sites is 2. The van der Waals surface area contributed by atoms with Crippen LogP contribution in [0.2, 0.25) is 0 Å². The van der Waals surface area contributed by atoms with Gasteiger partial charge in [0.05, 0.1) is 16.6 Å². The SMILES string of the molecule is CC(C)(C)c1ccnc(-n2c3ccccc3c3ccc(Oc4ccc5c6cc7oc8ccccc8c7cc6n6ccnc6c5c4)cc32)c1. The van der Waals surface area contributed by atoms with Gasteiger partial charge < -0.3 is 9.15 Å². The van der Waals surface area contributed by atoms with Gasteiger partial charge in [-0.05, 0) is 83.1 Å². The molecular weight excluding hydrogens is 592 g/mol. The Labute approximate surface area is 275 Å². The number of hydrogen-bond donors (Lipinski definition) is 0. The van der Waals surface area contributed by atoms with Crippen LogP contribution in [0.5, 0.6) is 11.5 Å². The zero-order chi connectivity index (χ0) is 32.1. The molecule has 10 rings (SSSR count). The Bertz CT molecular complexity index is 2920. The van der Waals surface area contributed by atoms with E-state index in [0.29, 0.717) is 0 Å². The van der Waals surface area contributed by atoms with Crippen molar-refractivity contribution >= 4 is 71.1 Å². The number of aromatic nitrogens is 4. The van der Waals surface area contributed by atoms with E-state index < -0.39 is 0 Å².